The first kappa shape index (κ1) is 15.2. The van der Waals surface area contributed by atoms with Crippen molar-refractivity contribution in [1.29, 1.82) is 0 Å². The van der Waals surface area contributed by atoms with Gasteiger partial charge in [0.05, 0.1) is 0 Å². The smallest absolute Gasteiger partial charge is 0.303 e. The fourth-order valence-electron chi connectivity index (χ4n) is 1.93. The fraction of sp³-hybridized carbons (Fsp3) is 0.786. The normalized spacial score (nSPS) is 13.1. The molecule has 0 heterocycles. The van der Waals surface area contributed by atoms with Crippen LogP contribution in [0.3, 0.4) is 0 Å². The van der Waals surface area contributed by atoms with Gasteiger partial charge in [-0.3, -0.25) is 4.79 Å². The largest absolute Gasteiger partial charge is 0.481 e. The molecule has 0 spiro atoms. The highest BCUT2D eigenvalue weighted by atomic mass is 16.4. The average Bonchev–Trinajstić information content (AvgIpc) is 2.22. The second-order valence-corrected chi connectivity index (χ2v) is 4.44. The summed E-state index contributed by atoms with van der Waals surface area (Å²) in [4.78, 5) is 10.6. The molecule has 1 atom stereocenters. The van der Waals surface area contributed by atoms with E-state index in [0.717, 1.165) is 38.5 Å². The summed E-state index contributed by atoms with van der Waals surface area (Å²) in [7, 11) is 0. The summed E-state index contributed by atoms with van der Waals surface area (Å²) in [6.45, 7) is 4.30. The quantitative estimate of drug-likeness (QED) is 0.442. The number of carboxylic acid groups (broad SMARTS) is 1. The minimum atomic E-state index is -0.653. The minimum Gasteiger partial charge on any atom is -0.481 e. The number of aliphatic carboxylic acids is 1. The van der Waals surface area contributed by atoms with Crippen molar-refractivity contribution in [2.75, 3.05) is 0 Å². The fourth-order valence-corrected chi connectivity index (χ4v) is 1.93. The molecule has 0 saturated carbocycles. The van der Waals surface area contributed by atoms with Crippen molar-refractivity contribution < 1.29 is 9.90 Å². The van der Waals surface area contributed by atoms with Crippen LogP contribution in [-0.4, -0.2) is 11.1 Å². The lowest BCUT2D eigenvalue weighted by atomic mass is 9.94. The number of hydrogen-bond donors (Lipinski definition) is 1. The number of carboxylic acids is 1. The Morgan fingerprint density at radius 2 is 1.81 bits per heavy atom. The van der Waals surface area contributed by atoms with Crippen LogP contribution in [0.5, 0.6) is 0 Å². The van der Waals surface area contributed by atoms with E-state index in [1.165, 1.54) is 6.42 Å². The first-order valence-corrected chi connectivity index (χ1v) is 6.57. The molecule has 0 fully saturated rings. The second kappa shape index (κ2) is 10.7. The summed E-state index contributed by atoms with van der Waals surface area (Å²) < 4.78 is 0. The van der Waals surface area contributed by atoms with Crippen molar-refractivity contribution >= 4 is 5.97 Å². The molecule has 0 aliphatic carbocycles. The summed E-state index contributed by atoms with van der Waals surface area (Å²) in [5.74, 6) is -0.276. The van der Waals surface area contributed by atoms with E-state index in [4.69, 9.17) is 5.11 Å². The van der Waals surface area contributed by atoms with Crippen LogP contribution >= 0.6 is 0 Å². The SMILES string of the molecule is CCC/C=C/CCCC(CCC)CC(=O)O. The molecule has 2 heteroatoms. The molecule has 1 unspecified atom stereocenters. The lowest BCUT2D eigenvalue weighted by molar-refractivity contribution is -0.138. The number of allylic oxidation sites excluding steroid dienone is 2. The summed E-state index contributed by atoms with van der Waals surface area (Å²) >= 11 is 0. The van der Waals surface area contributed by atoms with E-state index in [1.54, 1.807) is 0 Å². The number of rotatable bonds is 10. The molecule has 0 rings (SSSR count). The standard InChI is InChI=1S/C14H26O2/c1-3-5-6-7-8-9-11-13(10-4-2)12-14(15)16/h6-7,13H,3-5,8-12H2,1-2H3,(H,15,16)/b7-6+. The lowest BCUT2D eigenvalue weighted by Gasteiger charge is -2.12. The minimum absolute atomic E-state index is 0.340. The molecule has 1 N–H and O–H groups in total. The molecule has 0 aliphatic heterocycles. The van der Waals surface area contributed by atoms with E-state index >= 15 is 0 Å². The van der Waals surface area contributed by atoms with Crippen molar-refractivity contribution in [3.63, 3.8) is 0 Å². The third-order valence-electron chi connectivity index (χ3n) is 2.77. The highest BCUT2D eigenvalue weighted by Crippen LogP contribution is 2.18. The predicted octanol–water partition coefficient (Wildman–Crippen LogP) is 4.40. The molecule has 94 valence electrons. The Morgan fingerprint density at radius 3 is 2.38 bits per heavy atom. The molecule has 0 aromatic heterocycles. The first-order valence-electron chi connectivity index (χ1n) is 6.57. The molecule has 0 saturated heterocycles. The molecule has 0 aromatic rings. The monoisotopic (exact) mass is 226 g/mol. The Bertz CT molecular complexity index is 197. The Morgan fingerprint density at radius 1 is 1.12 bits per heavy atom. The molecule has 0 amide bonds. The molecular weight excluding hydrogens is 200 g/mol. The Balaban J connectivity index is 3.62. The van der Waals surface area contributed by atoms with E-state index in [9.17, 15) is 4.79 Å². The Hall–Kier alpha value is -0.790. The van der Waals surface area contributed by atoms with E-state index in [0.29, 0.717) is 12.3 Å². The van der Waals surface area contributed by atoms with Gasteiger partial charge in [-0.1, -0.05) is 45.3 Å². The lowest BCUT2D eigenvalue weighted by Crippen LogP contribution is -2.07. The average molecular weight is 226 g/mol. The topological polar surface area (TPSA) is 37.3 Å². The van der Waals surface area contributed by atoms with Gasteiger partial charge in [-0.2, -0.15) is 0 Å². The molecule has 0 radical (unpaired) electrons. The maximum absolute atomic E-state index is 10.6. The van der Waals surface area contributed by atoms with E-state index < -0.39 is 5.97 Å². The van der Waals surface area contributed by atoms with Gasteiger partial charge < -0.3 is 5.11 Å². The number of carbonyl (C=O) groups is 1. The Kier molecular flexibility index (Phi) is 10.2. The van der Waals surface area contributed by atoms with Crippen LogP contribution in [0.1, 0.15) is 65.2 Å². The highest BCUT2D eigenvalue weighted by Gasteiger charge is 2.11. The third-order valence-corrected chi connectivity index (χ3v) is 2.77. The predicted molar refractivity (Wildman–Crippen MR) is 68.5 cm³/mol. The number of hydrogen-bond acceptors (Lipinski definition) is 1. The summed E-state index contributed by atoms with van der Waals surface area (Å²) in [6, 6.07) is 0. The highest BCUT2D eigenvalue weighted by molar-refractivity contribution is 5.66. The second-order valence-electron chi connectivity index (χ2n) is 4.44. The van der Waals surface area contributed by atoms with Crippen LogP contribution in [0.4, 0.5) is 0 Å². The molecule has 2 nitrogen and oxygen atoms in total. The van der Waals surface area contributed by atoms with Crippen molar-refractivity contribution in [2.45, 2.75) is 65.2 Å². The van der Waals surface area contributed by atoms with Gasteiger partial charge in [-0.05, 0) is 31.6 Å². The van der Waals surface area contributed by atoms with Crippen molar-refractivity contribution in [2.24, 2.45) is 5.92 Å². The van der Waals surface area contributed by atoms with Gasteiger partial charge in [-0.25, -0.2) is 0 Å². The van der Waals surface area contributed by atoms with Crippen molar-refractivity contribution in [1.82, 2.24) is 0 Å². The van der Waals surface area contributed by atoms with E-state index in [1.807, 2.05) is 0 Å². The summed E-state index contributed by atoms with van der Waals surface area (Å²) in [6.07, 6.45) is 12.6. The van der Waals surface area contributed by atoms with Gasteiger partial charge in [0.2, 0.25) is 0 Å². The zero-order valence-electron chi connectivity index (χ0n) is 10.7. The number of unbranched alkanes of at least 4 members (excludes halogenated alkanes) is 2. The van der Waals surface area contributed by atoms with Crippen LogP contribution < -0.4 is 0 Å². The zero-order valence-corrected chi connectivity index (χ0v) is 10.7. The third kappa shape index (κ3) is 9.75. The molecular formula is C14H26O2. The van der Waals surface area contributed by atoms with Gasteiger partial charge in [0.1, 0.15) is 0 Å². The Labute approximate surface area is 99.7 Å². The van der Waals surface area contributed by atoms with Crippen LogP contribution in [-0.2, 0) is 4.79 Å². The van der Waals surface area contributed by atoms with Gasteiger partial charge in [0, 0.05) is 6.42 Å². The van der Waals surface area contributed by atoms with Crippen LogP contribution in [0, 0.1) is 5.92 Å². The molecule has 16 heavy (non-hydrogen) atoms. The first-order chi connectivity index (χ1) is 7.70. The van der Waals surface area contributed by atoms with Gasteiger partial charge >= 0.3 is 5.97 Å². The molecule has 0 aliphatic rings. The zero-order chi connectivity index (χ0) is 12.2. The van der Waals surface area contributed by atoms with Crippen LogP contribution in [0.15, 0.2) is 12.2 Å². The maximum atomic E-state index is 10.6. The molecule has 0 aromatic carbocycles. The summed E-state index contributed by atoms with van der Waals surface area (Å²) in [5, 5.41) is 8.77. The van der Waals surface area contributed by atoms with Crippen LogP contribution in [0.2, 0.25) is 0 Å². The van der Waals surface area contributed by atoms with E-state index in [-0.39, 0.29) is 0 Å². The van der Waals surface area contributed by atoms with Gasteiger partial charge in [0.15, 0.2) is 0 Å². The van der Waals surface area contributed by atoms with Crippen molar-refractivity contribution in [3.05, 3.63) is 12.2 Å². The van der Waals surface area contributed by atoms with E-state index in [2.05, 4.69) is 26.0 Å². The molecule has 0 bridgehead atoms. The van der Waals surface area contributed by atoms with Gasteiger partial charge in [-0.15, -0.1) is 0 Å². The van der Waals surface area contributed by atoms with Crippen LogP contribution in [0.25, 0.3) is 0 Å². The summed E-state index contributed by atoms with van der Waals surface area (Å²) in [5.41, 5.74) is 0. The van der Waals surface area contributed by atoms with Crippen molar-refractivity contribution in [3.8, 4) is 0 Å². The maximum Gasteiger partial charge on any atom is 0.303 e. The van der Waals surface area contributed by atoms with Gasteiger partial charge in [0.25, 0.3) is 0 Å².